The Kier molecular flexibility index (Phi) is 5.99. The van der Waals surface area contributed by atoms with Crippen LogP contribution in [0.2, 0.25) is 0 Å². The second-order valence-electron chi connectivity index (χ2n) is 5.50. The third kappa shape index (κ3) is 5.49. The molecule has 0 bridgehead atoms. The molecule has 130 valence electrons. The first kappa shape index (κ1) is 17.2. The van der Waals surface area contributed by atoms with E-state index >= 15 is 0 Å². The van der Waals surface area contributed by atoms with Gasteiger partial charge in [0.05, 0.1) is 12.8 Å². The van der Waals surface area contributed by atoms with Gasteiger partial charge in [-0.2, -0.15) is 5.10 Å². The van der Waals surface area contributed by atoms with E-state index in [-0.39, 0.29) is 12.5 Å². The maximum absolute atomic E-state index is 11.8. The van der Waals surface area contributed by atoms with Crippen molar-refractivity contribution in [1.82, 2.24) is 5.43 Å². The smallest absolute Gasteiger partial charge is 0.259 e. The van der Waals surface area contributed by atoms with Crippen LogP contribution in [0.4, 0.5) is 5.69 Å². The average Bonchev–Trinajstić information content (AvgIpc) is 2.68. The molecule has 2 N–H and O–H groups in total. The zero-order chi connectivity index (χ0) is 18.0. The molecule has 3 aromatic carbocycles. The summed E-state index contributed by atoms with van der Waals surface area (Å²) < 4.78 is 5.77. The highest BCUT2D eigenvalue weighted by Crippen LogP contribution is 2.21. The van der Waals surface area contributed by atoms with Gasteiger partial charge in [0.15, 0.2) is 0 Å². The number of hydrogen-bond acceptors (Lipinski definition) is 4. The van der Waals surface area contributed by atoms with E-state index in [1.54, 1.807) is 6.21 Å². The molecule has 26 heavy (non-hydrogen) atoms. The molecule has 0 radical (unpaired) electrons. The zero-order valence-corrected chi connectivity index (χ0v) is 14.1. The van der Waals surface area contributed by atoms with E-state index in [1.807, 2.05) is 84.9 Å². The summed E-state index contributed by atoms with van der Waals surface area (Å²) in [6.07, 6.45) is 1.58. The van der Waals surface area contributed by atoms with Crippen molar-refractivity contribution in [2.75, 3.05) is 11.9 Å². The topological polar surface area (TPSA) is 62.7 Å². The van der Waals surface area contributed by atoms with E-state index < -0.39 is 0 Å². The van der Waals surface area contributed by atoms with Crippen molar-refractivity contribution in [3.05, 3.63) is 90.5 Å². The van der Waals surface area contributed by atoms with Crippen molar-refractivity contribution in [3.63, 3.8) is 0 Å². The molecule has 0 spiro atoms. The Morgan fingerprint density at radius 3 is 2.35 bits per heavy atom. The molecule has 0 unspecified atom stereocenters. The first-order chi connectivity index (χ1) is 12.8. The SMILES string of the molecule is O=C(CNc1ccccc1)NN=Cc1cccc(Oc2ccccc2)c1. The Bertz CT molecular complexity index is 865. The number of amides is 1. The maximum atomic E-state index is 11.8. The van der Waals surface area contributed by atoms with Crippen LogP contribution in [0.3, 0.4) is 0 Å². The summed E-state index contributed by atoms with van der Waals surface area (Å²) in [5.41, 5.74) is 4.21. The lowest BCUT2D eigenvalue weighted by Gasteiger charge is -2.06. The van der Waals surface area contributed by atoms with Crippen LogP contribution in [-0.4, -0.2) is 18.7 Å². The van der Waals surface area contributed by atoms with Gasteiger partial charge in [-0.05, 0) is 42.0 Å². The highest BCUT2D eigenvalue weighted by Gasteiger charge is 2.00. The number of hydrazone groups is 1. The summed E-state index contributed by atoms with van der Waals surface area (Å²) in [7, 11) is 0. The minimum absolute atomic E-state index is 0.151. The summed E-state index contributed by atoms with van der Waals surface area (Å²) in [6.45, 7) is 0.151. The highest BCUT2D eigenvalue weighted by atomic mass is 16.5. The molecule has 3 rings (SSSR count). The van der Waals surface area contributed by atoms with Gasteiger partial charge in [0.25, 0.3) is 5.91 Å². The van der Waals surface area contributed by atoms with Crippen molar-refractivity contribution in [2.45, 2.75) is 0 Å². The highest BCUT2D eigenvalue weighted by molar-refractivity contribution is 5.84. The molecule has 0 saturated carbocycles. The number of para-hydroxylation sites is 2. The zero-order valence-electron chi connectivity index (χ0n) is 14.1. The lowest BCUT2D eigenvalue weighted by atomic mass is 10.2. The Hall–Kier alpha value is -3.60. The number of rotatable bonds is 7. The summed E-state index contributed by atoms with van der Waals surface area (Å²) in [6, 6.07) is 26.6. The van der Waals surface area contributed by atoms with E-state index in [0.717, 1.165) is 17.0 Å². The van der Waals surface area contributed by atoms with Crippen LogP contribution in [0, 0.1) is 0 Å². The lowest BCUT2D eigenvalue weighted by Crippen LogP contribution is -2.25. The van der Waals surface area contributed by atoms with Gasteiger partial charge < -0.3 is 10.1 Å². The molecule has 5 heteroatoms. The van der Waals surface area contributed by atoms with E-state index in [9.17, 15) is 4.79 Å². The van der Waals surface area contributed by atoms with E-state index in [2.05, 4.69) is 15.8 Å². The predicted molar refractivity (Wildman–Crippen MR) is 104 cm³/mol. The number of nitrogens with one attached hydrogen (secondary N) is 2. The lowest BCUT2D eigenvalue weighted by molar-refractivity contribution is -0.119. The van der Waals surface area contributed by atoms with Gasteiger partial charge >= 0.3 is 0 Å². The van der Waals surface area contributed by atoms with Crippen molar-refractivity contribution in [3.8, 4) is 11.5 Å². The first-order valence-electron chi connectivity index (χ1n) is 8.23. The summed E-state index contributed by atoms with van der Waals surface area (Å²) in [5.74, 6) is 1.25. The minimum Gasteiger partial charge on any atom is -0.457 e. The van der Waals surface area contributed by atoms with Gasteiger partial charge in [0, 0.05) is 5.69 Å². The van der Waals surface area contributed by atoms with Gasteiger partial charge in [-0.15, -0.1) is 0 Å². The van der Waals surface area contributed by atoms with Gasteiger partial charge in [-0.3, -0.25) is 4.79 Å². The second-order valence-corrected chi connectivity index (χ2v) is 5.50. The van der Waals surface area contributed by atoms with Gasteiger partial charge in [0.2, 0.25) is 0 Å². The fourth-order valence-corrected chi connectivity index (χ4v) is 2.24. The molecular weight excluding hydrogens is 326 g/mol. The predicted octanol–water partition coefficient (Wildman–Crippen LogP) is 4.04. The van der Waals surface area contributed by atoms with Crippen LogP contribution in [0.1, 0.15) is 5.56 Å². The molecule has 3 aromatic rings. The molecule has 0 aliphatic heterocycles. The van der Waals surface area contributed by atoms with Crippen LogP contribution in [0.15, 0.2) is 90.0 Å². The molecule has 0 fully saturated rings. The Morgan fingerprint density at radius 2 is 1.58 bits per heavy atom. The Balaban J connectivity index is 1.50. The Morgan fingerprint density at radius 1 is 0.885 bits per heavy atom. The molecule has 1 amide bonds. The molecule has 0 aliphatic carbocycles. The molecule has 5 nitrogen and oxygen atoms in total. The molecule has 0 heterocycles. The maximum Gasteiger partial charge on any atom is 0.259 e. The van der Waals surface area contributed by atoms with Crippen LogP contribution in [0.25, 0.3) is 0 Å². The number of carbonyl (C=O) groups excluding carboxylic acids is 1. The molecular formula is C21H19N3O2. The van der Waals surface area contributed by atoms with Crippen LogP contribution >= 0.6 is 0 Å². The number of nitrogens with zero attached hydrogens (tertiary/aromatic N) is 1. The van der Waals surface area contributed by atoms with E-state index in [4.69, 9.17) is 4.74 Å². The van der Waals surface area contributed by atoms with Gasteiger partial charge in [0.1, 0.15) is 11.5 Å². The molecule has 0 saturated heterocycles. The number of carbonyl (C=O) groups is 1. The van der Waals surface area contributed by atoms with Crippen molar-refractivity contribution < 1.29 is 9.53 Å². The largest absolute Gasteiger partial charge is 0.457 e. The number of hydrogen-bond donors (Lipinski definition) is 2. The van der Waals surface area contributed by atoms with Gasteiger partial charge in [-0.25, -0.2) is 5.43 Å². The van der Waals surface area contributed by atoms with Crippen molar-refractivity contribution in [1.29, 1.82) is 0 Å². The first-order valence-corrected chi connectivity index (χ1v) is 8.23. The fourth-order valence-electron chi connectivity index (χ4n) is 2.24. The minimum atomic E-state index is -0.221. The molecule has 0 aromatic heterocycles. The van der Waals surface area contributed by atoms with E-state index in [1.165, 1.54) is 0 Å². The number of ether oxygens (including phenoxy) is 1. The number of benzene rings is 3. The Labute approximate surface area is 152 Å². The van der Waals surface area contributed by atoms with Crippen molar-refractivity contribution in [2.24, 2.45) is 5.10 Å². The van der Waals surface area contributed by atoms with Crippen molar-refractivity contribution >= 4 is 17.8 Å². The van der Waals surface area contributed by atoms with Crippen LogP contribution < -0.4 is 15.5 Å². The average molecular weight is 345 g/mol. The summed E-state index contributed by atoms with van der Waals surface area (Å²) in [4.78, 5) is 11.8. The second kappa shape index (κ2) is 9.03. The number of anilines is 1. The summed E-state index contributed by atoms with van der Waals surface area (Å²) >= 11 is 0. The summed E-state index contributed by atoms with van der Waals surface area (Å²) in [5, 5.41) is 7.01. The third-order valence-electron chi connectivity index (χ3n) is 3.47. The quantitative estimate of drug-likeness (QED) is 0.502. The normalized spacial score (nSPS) is 10.5. The third-order valence-corrected chi connectivity index (χ3v) is 3.47. The monoisotopic (exact) mass is 345 g/mol. The fraction of sp³-hybridized carbons (Fsp3) is 0.0476. The standard InChI is InChI=1S/C21H19N3O2/c25-21(16-22-18-9-3-1-4-10-18)24-23-15-17-8-7-13-20(14-17)26-19-11-5-2-6-12-19/h1-15,22H,16H2,(H,24,25). The molecule has 0 atom stereocenters. The van der Waals surface area contributed by atoms with Gasteiger partial charge in [-0.1, -0.05) is 48.5 Å². The molecule has 0 aliphatic rings. The van der Waals surface area contributed by atoms with E-state index in [0.29, 0.717) is 5.75 Å². The van der Waals surface area contributed by atoms with Crippen LogP contribution in [-0.2, 0) is 4.79 Å². The van der Waals surface area contributed by atoms with Crippen LogP contribution in [0.5, 0.6) is 11.5 Å².